The lowest BCUT2D eigenvalue weighted by molar-refractivity contribution is -0.0167. The summed E-state index contributed by atoms with van der Waals surface area (Å²) < 4.78 is 41.8. The Hall–Kier alpha value is -1.71. The summed E-state index contributed by atoms with van der Waals surface area (Å²) in [6.07, 6.45) is 7.54. The number of hydrogen-bond acceptors (Lipinski definition) is 6. The molecule has 0 atom stereocenters. The third-order valence-electron chi connectivity index (χ3n) is 3.01. The van der Waals surface area contributed by atoms with E-state index in [-0.39, 0.29) is 25.2 Å². The number of nitrogens with two attached hydrogens (primary N) is 1. The van der Waals surface area contributed by atoms with Gasteiger partial charge in [0.2, 0.25) is 0 Å². The fourth-order valence-corrected chi connectivity index (χ4v) is 1.72. The Balaban J connectivity index is 0.000000188. The molecule has 0 radical (unpaired) electrons. The van der Waals surface area contributed by atoms with E-state index < -0.39 is 12.0 Å². The van der Waals surface area contributed by atoms with Crippen molar-refractivity contribution in [2.75, 3.05) is 33.0 Å². The van der Waals surface area contributed by atoms with E-state index in [4.69, 9.17) is 15.6 Å². The first-order valence-electron chi connectivity index (χ1n) is 7.29. The standard InChI is InChI=1S/C5H8F3N3.C5H6O2.C4H9N/c6-4-1-5(7,8)10-3-11(4)2-9;6-5-1-3-7-4-2-5;1-2-4-5-3-1/h1,10H,2-3,9H2;1-3,6H,4H2;5H,1-4H2. The van der Waals surface area contributed by atoms with Crippen LogP contribution in [0.4, 0.5) is 13.2 Å². The highest BCUT2D eigenvalue weighted by Crippen LogP contribution is 2.20. The van der Waals surface area contributed by atoms with E-state index >= 15 is 0 Å². The van der Waals surface area contributed by atoms with Crippen molar-refractivity contribution in [3.05, 3.63) is 36.2 Å². The number of aliphatic hydroxyl groups excluding tert-OH is 1. The van der Waals surface area contributed by atoms with Gasteiger partial charge in [-0.3, -0.25) is 0 Å². The summed E-state index contributed by atoms with van der Waals surface area (Å²) in [5.41, 5.74) is 5.04. The lowest BCUT2D eigenvalue weighted by Gasteiger charge is -2.28. The molecule has 6 nitrogen and oxygen atoms in total. The largest absolute Gasteiger partial charge is 0.508 e. The fourth-order valence-electron chi connectivity index (χ4n) is 1.72. The Morgan fingerprint density at radius 2 is 2.04 bits per heavy atom. The molecule has 132 valence electrons. The second-order valence-corrected chi connectivity index (χ2v) is 4.87. The third-order valence-corrected chi connectivity index (χ3v) is 3.01. The molecule has 0 aliphatic carbocycles. The maximum atomic E-state index is 12.5. The van der Waals surface area contributed by atoms with Gasteiger partial charge in [0.25, 0.3) is 0 Å². The number of alkyl halides is 2. The van der Waals surface area contributed by atoms with E-state index in [2.05, 4.69) is 5.32 Å². The smallest absolute Gasteiger partial charge is 0.328 e. The van der Waals surface area contributed by atoms with Gasteiger partial charge in [-0.25, -0.2) is 5.32 Å². The molecule has 3 aliphatic heterocycles. The molecule has 0 amide bonds. The van der Waals surface area contributed by atoms with E-state index in [0.29, 0.717) is 6.61 Å². The molecule has 0 saturated carbocycles. The van der Waals surface area contributed by atoms with Gasteiger partial charge in [-0.1, -0.05) is 0 Å². The Morgan fingerprint density at radius 3 is 2.39 bits per heavy atom. The molecule has 0 aromatic heterocycles. The average Bonchev–Trinajstić information content (AvgIpc) is 3.07. The second kappa shape index (κ2) is 10.1. The molecule has 3 aliphatic rings. The molecule has 1 fully saturated rings. The Bertz CT molecular complexity index is 430. The van der Waals surface area contributed by atoms with E-state index in [0.717, 1.165) is 4.90 Å². The summed E-state index contributed by atoms with van der Waals surface area (Å²) in [6, 6.07) is -3.25. The first kappa shape index (κ1) is 19.3. The number of aliphatic hydroxyl groups is 1. The van der Waals surface area contributed by atoms with Gasteiger partial charge in [0.15, 0.2) is 5.95 Å². The van der Waals surface area contributed by atoms with Crippen LogP contribution in [-0.2, 0) is 4.74 Å². The lowest BCUT2D eigenvalue weighted by atomic mass is 10.4. The number of hydrogen-bond donors (Lipinski definition) is 4. The van der Waals surface area contributed by atoms with Crippen LogP contribution < -0.4 is 16.4 Å². The van der Waals surface area contributed by atoms with Crippen LogP contribution in [0.5, 0.6) is 0 Å². The van der Waals surface area contributed by atoms with Crippen molar-refractivity contribution in [3.8, 4) is 0 Å². The monoisotopic (exact) mass is 336 g/mol. The summed E-state index contributed by atoms with van der Waals surface area (Å²) >= 11 is 0. The average molecular weight is 336 g/mol. The fraction of sp³-hybridized carbons (Fsp3) is 0.571. The van der Waals surface area contributed by atoms with Crippen molar-refractivity contribution >= 4 is 0 Å². The molecule has 23 heavy (non-hydrogen) atoms. The Morgan fingerprint density at radius 1 is 1.35 bits per heavy atom. The maximum absolute atomic E-state index is 12.5. The minimum atomic E-state index is -3.25. The predicted molar refractivity (Wildman–Crippen MR) is 80.9 cm³/mol. The number of nitrogens with one attached hydrogen (secondary N) is 2. The molecule has 3 rings (SSSR count). The lowest BCUT2D eigenvalue weighted by Crippen LogP contribution is -2.48. The van der Waals surface area contributed by atoms with E-state index in [9.17, 15) is 13.2 Å². The molecule has 5 N–H and O–H groups in total. The third kappa shape index (κ3) is 8.48. The molecule has 3 heterocycles. The molecule has 1 saturated heterocycles. The van der Waals surface area contributed by atoms with Crippen LogP contribution in [0.2, 0.25) is 0 Å². The van der Waals surface area contributed by atoms with Crippen molar-refractivity contribution in [1.82, 2.24) is 15.5 Å². The molecule has 0 aromatic rings. The van der Waals surface area contributed by atoms with E-state index in [1.54, 1.807) is 11.4 Å². The normalized spacial score (nSPS) is 21.8. The number of nitrogens with zero attached hydrogens (tertiary/aromatic N) is 1. The summed E-state index contributed by atoms with van der Waals surface area (Å²) in [7, 11) is 0. The predicted octanol–water partition coefficient (Wildman–Crippen LogP) is 1.51. The molecule has 0 aromatic carbocycles. The van der Waals surface area contributed by atoms with Crippen LogP contribution in [0.1, 0.15) is 12.8 Å². The second-order valence-electron chi connectivity index (χ2n) is 4.87. The quantitative estimate of drug-likeness (QED) is 0.544. The van der Waals surface area contributed by atoms with Gasteiger partial charge in [0.05, 0.1) is 25.7 Å². The van der Waals surface area contributed by atoms with Gasteiger partial charge in [0.1, 0.15) is 12.4 Å². The van der Waals surface area contributed by atoms with Crippen LogP contribution in [0.15, 0.2) is 36.2 Å². The molecular formula is C14H23F3N4O2. The molecular weight excluding hydrogens is 313 g/mol. The first-order chi connectivity index (χ1) is 10.9. The highest BCUT2D eigenvalue weighted by atomic mass is 19.3. The Labute approximate surface area is 133 Å². The van der Waals surface area contributed by atoms with Gasteiger partial charge in [-0.05, 0) is 32.0 Å². The highest BCUT2D eigenvalue weighted by molar-refractivity contribution is 5.10. The van der Waals surface area contributed by atoms with Crippen molar-refractivity contribution in [2.45, 2.75) is 18.9 Å². The van der Waals surface area contributed by atoms with Crippen molar-refractivity contribution < 1.29 is 23.0 Å². The molecule has 0 unspecified atom stereocenters. The van der Waals surface area contributed by atoms with Crippen molar-refractivity contribution in [2.24, 2.45) is 5.73 Å². The molecule has 9 heteroatoms. The van der Waals surface area contributed by atoms with Crippen LogP contribution in [0, 0.1) is 0 Å². The van der Waals surface area contributed by atoms with Crippen molar-refractivity contribution in [3.63, 3.8) is 0 Å². The minimum absolute atomic E-state index is 0.120. The summed E-state index contributed by atoms with van der Waals surface area (Å²) in [5.74, 6) is -0.706. The van der Waals surface area contributed by atoms with E-state index in [1.807, 2.05) is 0 Å². The van der Waals surface area contributed by atoms with Gasteiger partial charge < -0.3 is 25.8 Å². The van der Waals surface area contributed by atoms with Crippen LogP contribution in [0.3, 0.4) is 0 Å². The zero-order valence-corrected chi connectivity index (χ0v) is 12.8. The van der Waals surface area contributed by atoms with Gasteiger partial charge in [0, 0.05) is 6.08 Å². The SMILES string of the molecule is C1CCNC1.NCN1CNC(F)(F)C=C1F.OC1=CCOC=C1. The number of rotatable bonds is 1. The van der Waals surface area contributed by atoms with E-state index in [1.165, 1.54) is 38.3 Å². The molecule has 0 bridgehead atoms. The number of halogens is 3. The Kier molecular flexibility index (Phi) is 8.52. The van der Waals surface area contributed by atoms with Crippen molar-refractivity contribution in [1.29, 1.82) is 0 Å². The summed E-state index contributed by atoms with van der Waals surface area (Å²) in [4.78, 5) is 0.956. The maximum Gasteiger partial charge on any atom is 0.328 e. The summed E-state index contributed by atoms with van der Waals surface area (Å²) in [5, 5.41) is 13.6. The summed E-state index contributed by atoms with van der Waals surface area (Å²) in [6.45, 7) is 2.60. The first-order valence-corrected chi connectivity index (χ1v) is 7.29. The zero-order valence-electron chi connectivity index (χ0n) is 12.8. The topological polar surface area (TPSA) is 82.8 Å². The highest BCUT2D eigenvalue weighted by Gasteiger charge is 2.32. The van der Waals surface area contributed by atoms with Gasteiger partial charge in [-0.15, -0.1) is 0 Å². The van der Waals surface area contributed by atoms with Gasteiger partial charge in [-0.2, -0.15) is 13.2 Å². The number of allylic oxidation sites excluding steroid dienone is 1. The van der Waals surface area contributed by atoms with Crippen LogP contribution in [-0.4, -0.2) is 49.1 Å². The molecule has 0 spiro atoms. The minimum Gasteiger partial charge on any atom is -0.508 e. The number of ether oxygens (including phenoxy) is 1. The van der Waals surface area contributed by atoms with Gasteiger partial charge >= 0.3 is 6.05 Å². The van der Waals surface area contributed by atoms with Crippen LogP contribution >= 0.6 is 0 Å². The van der Waals surface area contributed by atoms with Crippen LogP contribution in [0.25, 0.3) is 0 Å². The zero-order chi connectivity index (χ0) is 17.1.